The van der Waals surface area contributed by atoms with Crippen molar-refractivity contribution in [1.82, 2.24) is 5.32 Å². The maximum absolute atomic E-state index is 12.4. The van der Waals surface area contributed by atoms with E-state index in [9.17, 15) is 8.78 Å². The number of halogens is 3. The van der Waals surface area contributed by atoms with Crippen molar-refractivity contribution >= 4 is 15.9 Å². The third-order valence-corrected chi connectivity index (χ3v) is 3.06. The van der Waals surface area contributed by atoms with Gasteiger partial charge in [-0.2, -0.15) is 8.78 Å². The lowest BCUT2D eigenvalue weighted by Gasteiger charge is -2.18. The van der Waals surface area contributed by atoms with E-state index in [-0.39, 0.29) is 12.0 Å². The van der Waals surface area contributed by atoms with Gasteiger partial charge in [0.15, 0.2) is 6.29 Å². The van der Waals surface area contributed by atoms with Crippen LogP contribution in [0.4, 0.5) is 8.78 Å². The number of nitrogens with one attached hydrogen (secondary N) is 1. The monoisotopic (exact) mass is 367 g/mol. The molecule has 0 amide bonds. The fourth-order valence-corrected chi connectivity index (χ4v) is 2.17. The zero-order valence-corrected chi connectivity index (χ0v) is 13.7. The van der Waals surface area contributed by atoms with Crippen molar-refractivity contribution in [2.24, 2.45) is 0 Å². The molecule has 0 radical (unpaired) electrons. The second-order valence-corrected chi connectivity index (χ2v) is 5.02. The van der Waals surface area contributed by atoms with Crippen molar-refractivity contribution in [3.63, 3.8) is 0 Å². The highest BCUT2D eigenvalue weighted by Gasteiger charge is 2.12. The van der Waals surface area contributed by atoms with E-state index in [1.165, 1.54) is 6.07 Å². The van der Waals surface area contributed by atoms with E-state index >= 15 is 0 Å². The third kappa shape index (κ3) is 7.17. The standard InChI is InChI=1S/C14H20BrF2NO3/c1-3-19-13(20-4-2)9-18-8-10-7-11(15)5-6-12(10)21-14(16)17/h5-7,13-14,18H,3-4,8-9H2,1-2H3. The third-order valence-electron chi connectivity index (χ3n) is 2.57. The highest BCUT2D eigenvalue weighted by atomic mass is 79.9. The number of benzene rings is 1. The Hall–Kier alpha value is -0.760. The average Bonchev–Trinajstić information content (AvgIpc) is 2.42. The lowest BCUT2D eigenvalue weighted by molar-refractivity contribution is -0.133. The van der Waals surface area contributed by atoms with E-state index in [0.717, 1.165) is 4.47 Å². The van der Waals surface area contributed by atoms with Crippen LogP contribution in [0.1, 0.15) is 19.4 Å². The molecule has 1 N–H and O–H groups in total. The molecule has 0 aliphatic heterocycles. The maximum atomic E-state index is 12.4. The van der Waals surface area contributed by atoms with Gasteiger partial charge in [0.1, 0.15) is 5.75 Å². The molecule has 0 unspecified atom stereocenters. The minimum Gasteiger partial charge on any atom is -0.434 e. The van der Waals surface area contributed by atoms with Gasteiger partial charge < -0.3 is 19.5 Å². The molecule has 0 heterocycles. The molecule has 0 aliphatic rings. The van der Waals surface area contributed by atoms with E-state index in [4.69, 9.17) is 9.47 Å². The summed E-state index contributed by atoms with van der Waals surface area (Å²) in [6.45, 7) is 2.85. The van der Waals surface area contributed by atoms with Gasteiger partial charge in [-0.05, 0) is 32.0 Å². The van der Waals surface area contributed by atoms with Crippen LogP contribution in [0.3, 0.4) is 0 Å². The summed E-state index contributed by atoms with van der Waals surface area (Å²) in [6.07, 6.45) is -0.355. The van der Waals surface area contributed by atoms with Gasteiger partial charge in [0.25, 0.3) is 0 Å². The van der Waals surface area contributed by atoms with Crippen LogP contribution in [-0.2, 0) is 16.0 Å². The predicted molar refractivity (Wildman–Crippen MR) is 79.5 cm³/mol. The fraction of sp³-hybridized carbons (Fsp3) is 0.571. The summed E-state index contributed by atoms with van der Waals surface area (Å²) >= 11 is 3.31. The van der Waals surface area contributed by atoms with Crippen LogP contribution >= 0.6 is 15.9 Å². The first-order valence-corrected chi connectivity index (χ1v) is 7.53. The maximum Gasteiger partial charge on any atom is 0.387 e. The predicted octanol–water partition coefficient (Wildman–Crippen LogP) is 3.54. The Morgan fingerprint density at radius 2 is 1.86 bits per heavy atom. The van der Waals surface area contributed by atoms with Crippen molar-refractivity contribution < 1.29 is 23.0 Å². The summed E-state index contributed by atoms with van der Waals surface area (Å²) in [5.74, 6) is 0.157. The van der Waals surface area contributed by atoms with Crippen LogP contribution in [0.15, 0.2) is 22.7 Å². The van der Waals surface area contributed by atoms with E-state index in [0.29, 0.717) is 31.9 Å². The quantitative estimate of drug-likeness (QED) is 0.642. The smallest absolute Gasteiger partial charge is 0.387 e. The number of hydrogen-bond acceptors (Lipinski definition) is 4. The zero-order valence-electron chi connectivity index (χ0n) is 12.1. The molecule has 0 aliphatic carbocycles. The van der Waals surface area contributed by atoms with Gasteiger partial charge >= 0.3 is 6.61 Å². The van der Waals surface area contributed by atoms with Crippen molar-refractivity contribution in [3.8, 4) is 5.75 Å². The van der Waals surface area contributed by atoms with E-state index in [1.807, 2.05) is 13.8 Å². The summed E-state index contributed by atoms with van der Waals surface area (Å²) < 4.78 is 40.8. The molecule has 1 aromatic carbocycles. The molecule has 1 rings (SSSR count). The van der Waals surface area contributed by atoms with Crippen LogP contribution < -0.4 is 10.1 Å². The van der Waals surface area contributed by atoms with E-state index in [2.05, 4.69) is 26.0 Å². The summed E-state index contributed by atoms with van der Waals surface area (Å²) in [7, 11) is 0. The average molecular weight is 368 g/mol. The highest BCUT2D eigenvalue weighted by molar-refractivity contribution is 9.10. The number of rotatable bonds is 10. The largest absolute Gasteiger partial charge is 0.434 e. The second-order valence-electron chi connectivity index (χ2n) is 4.10. The Morgan fingerprint density at radius 1 is 1.19 bits per heavy atom. The Balaban J connectivity index is 2.58. The number of ether oxygens (including phenoxy) is 3. The molecule has 7 heteroatoms. The van der Waals surface area contributed by atoms with Crippen LogP contribution in [0.2, 0.25) is 0 Å². The molecule has 4 nitrogen and oxygen atoms in total. The molecule has 0 spiro atoms. The summed E-state index contributed by atoms with van der Waals surface area (Å²) in [5, 5.41) is 3.12. The zero-order chi connectivity index (χ0) is 15.7. The van der Waals surface area contributed by atoms with Gasteiger partial charge in [0, 0.05) is 36.3 Å². The lowest BCUT2D eigenvalue weighted by Crippen LogP contribution is -2.31. The van der Waals surface area contributed by atoms with Gasteiger partial charge in [0.05, 0.1) is 0 Å². The van der Waals surface area contributed by atoms with Crippen molar-refractivity contribution in [2.75, 3.05) is 19.8 Å². The minimum absolute atomic E-state index is 0.157. The van der Waals surface area contributed by atoms with Crippen LogP contribution in [0.25, 0.3) is 0 Å². The molecule has 120 valence electrons. The Morgan fingerprint density at radius 3 is 2.43 bits per heavy atom. The van der Waals surface area contributed by atoms with Crippen LogP contribution in [0, 0.1) is 0 Å². The van der Waals surface area contributed by atoms with Crippen molar-refractivity contribution in [3.05, 3.63) is 28.2 Å². The first kappa shape index (κ1) is 18.3. The van der Waals surface area contributed by atoms with Gasteiger partial charge in [-0.3, -0.25) is 0 Å². The van der Waals surface area contributed by atoms with Gasteiger partial charge in [0.2, 0.25) is 0 Å². The molecule has 0 saturated heterocycles. The Labute approximate surface area is 131 Å². The van der Waals surface area contributed by atoms with Crippen LogP contribution in [0.5, 0.6) is 5.75 Å². The van der Waals surface area contributed by atoms with E-state index in [1.54, 1.807) is 12.1 Å². The first-order valence-electron chi connectivity index (χ1n) is 6.74. The molecular formula is C14H20BrF2NO3. The molecule has 0 fully saturated rings. The SMILES string of the molecule is CCOC(CNCc1cc(Br)ccc1OC(F)F)OCC. The Bertz CT molecular complexity index is 415. The summed E-state index contributed by atoms with van der Waals surface area (Å²) in [6, 6.07) is 4.90. The highest BCUT2D eigenvalue weighted by Crippen LogP contribution is 2.24. The van der Waals surface area contributed by atoms with Gasteiger partial charge in [-0.1, -0.05) is 15.9 Å². The fourth-order valence-electron chi connectivity index (χ4n) is 1.76. The van der Waals surface area contributed by atoms with Gasteiger partial charge in [-0.25, -0.2) is 0 Å². The molecule has 0 bridgehead atoms. The topological polar surface area (TPSA) is 39.7 Å². The van der Waals surface area contributed by atoms with Crippen molar-refractivity contribution in [1.29, 1.82) is 0 Å². The normalized spacial score (nSPS) is 11.4. The summed E-state index contributed by atoms with van der Waals surface area (Å²) in [5.41, 5.74) is 0.636. The molecule has 0 aromatic heterocycles. The van der Waals surface area contributed by atoms with E-state index < -0.39 is 6.61 Å². The molecule has 0 atom stereocenters. The number of hydrogen-bond donors (Lipinski definition) is 1. The summed E-state index contributed by atoms with van der Waals surface area (Å²) in [4.78, 5) is 0. The second kappa shape index (κ2) is 10.0. The minimum atomic E-state index is -2.84. The molecule has 1 aromatic rings. The molecule has 21 heavy (non-hydrogen) atoms. The van der Waals surface area contributed by atoms with Crippen molar-refractivity contribution in [2.45, 2.75) is 33.3 Å². The number of alkyl halides is 2. The first-order chi connectivity index (χ1) is 10.1. The lowest BCUT2D eigenvalue weighted by atomic mass is 10.2. The molecular weight excluding hydrogens is 348 g/mol. The Kier molecular flexibility index (Phi) is 8.75. The molecule has 0 saturated carbocycles. The van der Waals surface area contributed by atoms with Crippen LogP contribution in [-0.4, -0.2) is 32.7 Å². The van der Waals surface area contributed by atoms with Gasteiger partial charge in [-0.15, -0.1) is 0 Å².